The van der Waals surface area contributed by atoms with Crippen LogP contribution in [-0.2, 0) is 11.3 Å². The summed E-state index contributed by atoms with van der Waals surface area (Å²) >= 11 is 0. The van der Waals surface area contributed by atoms with E-state index in [0.29, 0.717) is 17.8 Å². The van der Waals surface area contributed by atoms with Crippen LogP contribution in [0.15, 0.2) is 18.2 Å². The number of rotatable bonds is 6. The average molecular weight is 267 g/mol. The minimum atomic E-state index is -0.321. The molecule has 1 rings (SSSR count). The maximum atomic E-state index is 13.7. The molecule has 0 aliphatic heterocycles. The number of anilines is 1. The van der Waals surface area contributed by atoms with Gasteiger partial charge in [0.05, 0.1) is 6.54 Å². The fraction of sp³-hybridized carbons (Fsp3) is 0.500. The van der Waals surface area contributed by atoms with Crippen molar-refractivity contribution in [1.29, 1.82) is 0 Å². The molecular formula is C14H22FN3O. The Morgan fingerprint density at radius 1 is 1.37 bits per heavy atom. The van der Waals surface area contributed by atoms with Crippen LogP contribution >= 0.6 is 0 Å². The Labute approximate surface area is 114 Å². The van der Waals surface area contributed by atoms with Crippen molar-refractivity contribution < 1.29 is 9.18 Å². The van der Waals surface area contributed by atoms with Gasteiger partial charge in [0.1, 0.15) is 5.82 Å². The van der Waals surface area contributed by atoms with Gasteiger partial charge < -0.3 is 15.5 Å². The highest BCUT2D eigenvalue weighted by atomic mass is 19.1. The van der Waals surface area contributed by atoms with E-state index in [1.807, 2.05) is 17.9 Å². The van der Waals surface area contributed by atoms with Crippen molar-refractivity contribution in [3.63, 3.8) is 0 Å². The Morgan fingerprint density at radius 2 is 2.05 bits per heavy atom. The summed E-state index contributed by atoms with van der Waals surface area (Å²) < 4.78 is 13.7. The number of carbonyl (C=O) groups is 1. The molecule has 0 spiro atoms. The van der Waals surface area contributed by atoms with Crippen molar-refractivity contribution in [3.8, 4) is 0 Å². The van der Waals surface area contributed by atoms with Crippen LogP contribution in [-0.4, -0.2) is 38.0 Å². The third-order valence-electron chi connectivity index (χ3n) is 2.96. The smallest absolute Gasteiger partial charge is 0.241 e. The molecule has 2 N–H and O–H groups in total. The van der Waals surface area contributed by atoms with Gasteiger partial charge in [-0.15, -0.1) is 0 Å². The number of hydrogen-bond acceptors (Lipinski definition) is 3. The fourth-order valence-corrected chi connectivity index (χ4v) is 1.90. The third kappa shape index (κ3) is 3.92. The molecule has 19 heavy (non-hydrogen) atoms. The van der Waals surface area contributed by atoms with Gasteiger partial charge in [-0.1, -0.05) is 13.0 Å². The summed E-state index contributed by atoms with van der Waals surface area (Å²) in [5, 5.41) is 0. The number of carbonyl (C=O) groups excluding carboxylic acids is 1. The quantitative estimate of drug-likeness (QED) is 0.851. The predicted molar refractivity (Wildman–Crippen MR) is 75.5 cm³/mol. The van der Waals surface area contributed by atoms with Gasteiger partial charge in [0, 0.05) is 38.4 Å². The molecule has 0 saturated carbocycles. The lowest BCUT2D eigenvalue weighted by molar-refractivity contribution is -0.127. The summed E-state index contributed by atoms with van der Waals surface area (Å²) in [6, 6.07) is 4.85. The summed E-state index contributed by atoms with van der Waals surface area (Å²) in [6.07, 6.45) is 0.876. The number of nitrogens with two attached hydrogens (primary N) is 1. The molecule has 0 heterocycles. The second-order valence-corrected chi connectivity index (χ2v) is 4.65. The van der Waals surface area contributed by atoms with Gasteiger partial charge in [-0.25, -0.2) is 4.39 Å². The average Bonchev–Trinajstić information content (AvgIpc) is 2.37. The van der Waals surface area contributed by atoms with E-state index >= 15 is 0 Å². The standard InChI is InChI=1S/C14H22FN3O/c1-4-8-18(10-14(19)17(2)3)13-7-5-6-12(15)11(13)9-16/h5-7H,4,8-10,16H2,1-3H3. The van der Waals surface area contributed by atoms with Gasteiger partial charge in [-0.3, -0.25) is 4.79 Å². The van der Waals surface area contributed by atoms with Crippen molar-refractivity contribution in [2.24, 2.45) is 5.73 Å². The minimum absolute atomic E-state index is 0.0133. The van der Waals surface area contributed by atoms with Crippen molar-refractivity contribution >= 4 is 11.6 Å². The third-order valence-corrected chi connectivity index (χ3v) is 2.96. The van der Waals surface area contributed by atoms with E-state index in [0.717, 1.165) is 6.42 Å². The van der Waals surface area contributed by atoms with Crippen molar-refractivity contribution in [2.45, 2.75) is 19.9 Å². The SMILES string of the molecule is CCCN(CC(=O)N(C)C)c1cccc(F)c1CN. The zero-order chi connectivity index (χ0) is 14.4. The second-order valence-electron chi connectivity index (χ2n) is 4.65. The predicted octanol–water partition coefficient (Wildman–Crippen LogP) is 1.59. The first-order valence-corrected chi connectivity index (χ1v) is 6.43. The zero-order valence-corrected chi connectivity index (χ0v) is 11.8. The van der Waals surface area contributed by atoms with Crippen molar-refractivity contribution in [2.75, 3.05) is 32.1 Å². The summed E-state index contributed by atoms with van der Waals surface area (Å²) in [5.74, 6) is -0.334. The molecule has 106 valence electrons. The fourth-order valence-electron chi connectivity index (χ4n) is 1.90. The highest BCUT2D eigenvalue weighted by Crippen LogP contribution is 2.23. The second kappa shape index (κ2) is 7.09. The Balaban J connectivity index is 3.05. The van der Waals surface area contributed by atoms with Gasteiger partial charge in [0.25, 0.3) is 0 Å². The maximum Gasteiger partial charge on any atom is 0.241 e. The van der Waals surface area contributed by atoms with Gasteiger partial charge in [0.2, 0.25) is 5.91 Å². The number of nitrogens with zero attached hydrogens (tertiary/aromatic N) is 2. The first-order chi connectivity index (χ1) is 9.01. The Bertz CT molecular complexity index is 435. The van der Waals surface area contributed by atoms with Crippen molar-refractivity contribution in [3.05, 3.63) is 29.6 Å². The Hall–Kier alpha value is -1.62. The number of hydrogen-bond donors (Lipinski definition) is 1. The molecule has 0 radical (unpaired) electrons. The van der Waals surface area contributed by atoms with Gasteiger partial charge >= 0.3 is 0 Å². The van der Waals surface area contributed by atoms with Crippen LogP contribution in [0.5, 0.6) is 0 Å². The van der Waals surface area contributed by atoms with Crippen LogP contribution in [0, 0.1) is 5.82 Å². The summed E-state index contributed by atoms with van der Waals surface area (Å²) in [7, 11) is 3.42. The molecular weight excluding hydrogens is 245 g/mol. The van der Waals surface area contributed by atoms with Crippen LogP contribution in [0.25, 0.3) is 0 Å². The molecule has 0 unspecified atom stereocenters. The summed E-state index contributed by atoms with van der Waals surface area (Å²) in [4.78, 5) is 15.3. The summed E-state index contributed by atoms with van der Waals surface area (Å²) in [6.45, 7) is 3.07. The van der Waals surface area contributed by atoms with E-state index in [-0.39, 0.29) is 24.8 Å². The number of benzene rings is 1. The van der Waals surface area contributed by atoms with E-state index in [1.165, 1.54) is 11.0 Å². The topological polar surface area (TPSA) is 49.6 Å². The summed E-state index contributed by atoms with van der Waals surface area (Å²) in [5.41, 5.74) is 6.78. The number of likely N-dealkylation sites (N-methyl/N-ethyl adjacent to an activating group) is 1. The molecule has 1 aromatic rings. The molecule has 4 nitrogen and oxygen atoms in total. The first-order valence-electron chi connectivity index (χ1n) is 6.43. The molecule has 0 bridgehead atoms. The van der Waals surface area contributed by atoms with E-state index in [9.17, 15) is 9.18 Å². The number of halogens is 1. The highest BCUT2D eigenvalue weighted by Gasteiger charge is 2.16. The maximum absolute atomic E-state index is 13.7. The molecule has 1 amide bonds. The molecule has 0 aliphatic carbocycles. The van der Waals surface area contributed by atoms with Crippen LogP contribution in [0.2, 0.25) is 0 Å². The largest absolute Gasteiger partial charge is 0.362 e. The normalized spacial score (nSPS) is 10.4. The van der Waals surface area contributed by atoms with Crippen LogP contribution in [0.4, 0.5) is 10.1 Å². The van der Waals surface area contributed by atoms with Crippen molar-refractivity contribution in [1.82, 2.24) is 4.90 Å². The molecule has 1 aromatic carbocycles. The molecule has 0 aromatic heterocycles. The number of amides is 1. The lowest BCUT2D eigenvalue weighted by Gasteiger charge is -2.27. The first kappa shape index (κ1) is 15.4. The molecule has 0 aliphatic rings. The van der Waals surface area contributed by atoms with Gasteiger partial charge in [0.15, 0.2) is 0 Å². The lowest BCUT2D eigenvalue weighted by Crippen LogP contribution is -2.37. The van der Waals surface area contributed by atoms with Crippen LogP contribution in [0.3, 0.4) is 0 Å². The Kier molecular flexibility index (Phi) is 5.76. The molecule has 5 heteroatoms. The molecule has 0 saturated heterocycles. The Morgan fingerprint density at radius 3 is 2.58 bits per heavy atom. The van der Waals surface area contributed by atoms with E-state index in [1.54, 1.807) is 20.2 Å². The van der Waals surface area contributed by atoms with Crippen LogP contribution in [0.1, 0.15) is 18.9 Å². The van der Waals surface area contributed by atoms with Crippen LogP contribution < -0.4 is 10.6 Å². The van der Waals surface area contributed by atoms with E-state index in [4.69, 9.17) is 5.73 Å². The van der Waals surface area contributed by atoms with E-state index in [2.05, 4.69) is 0 Å². The lowest BCUT2D eigenvalue weighted by atomic mass is 10.1. The minimum Gasteiger partial charge on any atom is -0.362 e. The zero-order valence-electron chi connectivity index (χ0n) is 11.8. The molecule has 0 atom stereocenters. The van der Waals surface area contributed by atoms with E-state index < -0.39 is 0 Å². The van der Waals surface area contributed by atoms with Gasteiger partial charge in [-0.2, -0.15) is 0 Å². The highest BCUT2D eigenvalue weighted by molar-refractivity contribution is 5.81. The molecule has 0 fully saturated rings. The van der Waals surface area contributed by atoms with Gasteiger partial charge in [-0.05, 0) is 18.6 Å². The monoisotopic (exact) mass is 267 g/mol.